The van der Waals surface area contributed by atoms with Crippen LogP contribution in [0.2, 0.25) is 0 Å². The van der Waals surface area contributed by atoms with Crippen molar-refractivity contribution in [1.82, 2.24) is 0 Å². The molecule has 4 nitrogen and oxygen atoms in total. The molecule has 0 radical (unpaired) electrons. The van der Waals surface area contributed by atoms with E-state index >= 15 is 0 Å². The Bertz CT molecular complexity index is 1170. The number of carbonyl (C=O) groups excluding carboxylic acids is 1. The molecule has 0 saturated carbocycles. The Morgan fingerprint density at radius 2 is 1.59 bits per heavy atom. The average Bonchev–Trinajstić information content (AvgIpc) is 2.69. The third-order valence-corrected chi connectivity index (χ3v) is 4.41. The van der Waals surface area contributed by atoms with E-state index in [0.29, 0.717) is 22.3 Å². The maximum atomic E-state index is 12.4. The van der Waals surface area contributed by atoms with E-state index < -0.39 is 5.63 Å². The van der Waals surface area contributed by atoms with Gasteiger partial charge in [0.1, 0.15) is 5.58 Å². The molecule has 4 heteroatoms. The molecule has 132 valence electrons. The third-order valence-electron chi connectivity index (χ3n) is 4.41. The molecule has 0 bridgehead atoms. The minimum Gasteiger partial charge on any atom is -0.422 e. The standard InChI is InChI=1S/C23H17NO3/c1-15-6-12-19(13-7-15)24-22(25)17-10-8-16(9-11-17)20-14-18-4-2-3-5-21(18)27-23(20)26/h2-14H,1H3,(H,24,25). The molecule has 0 atom stereocenters. The van der Waals surface area contributed by atoms with Crippen molar-refractivity contribution in [1.29, 1.82) is 0 Å². The smallest absolute Gasteiger partial charge is 0.344 e. The Balaban J connectivity index is 1.60. The van der Waals surface area contributed by atoms with E-state index in [1.807, 2.05) is 55.5 Å². The summed E-state index contributed by atoms with van der Waals surface area (Å²) in [6.07, 6.45) is 0. The Morgan fingerprint density at radius 3 is 2.33 bits per heavy atom. The number of aryl methyl sites for hydroxylation is 1. The molecule has 0 unspecified atom stereocenters. The summed E-state index contributed by atoms with van der Waals surface area (Å²) < 4.78 is 5.38. The van der Waals surface area contributed by atoms with Crippen LogP contribution in [0.4, 0.5) is 5.69 Å². The number of hydrogen-bond acceptors (Lipinski definition) is 3. The molecule has 0 saturated heterocycles. The SMILES string of the molecule is Cc1ccc(NC(=O)c2ccc(-c3cc4ccccc4oc3=O)cc2)cc1. The second-order valence-electron chi connectivity index (χ2n) is 6.38. The molecule has 4 aromatic rings. The molecule has 0 fully saturated rings. The van der Waals surface area contributed by atoms with E-state index in [9.17, 15) is 9.59 Å². The lowest BCUT2D eigenvalue weighted by atomic mass is 10.0. The van der Waals surface area contributed by atoms with Crippen molar-refractivity contribution < 1.29 is 9.21 Å². The van der Waals surface area contributed by atoms with Crippen molar-refractivity contribution in [2.45, 2.75) is 6.92 Å². The van der Waals surface area contributed by atoms with Crippen molar-refractivity contribution in [3.8, 4) is 11.1 Å². The summed E-state index contributed by atoms with van der Waals surface area (Å²) in [5.74, 6) is -0.198. The summed E-state index contributed by atoms with van der Waals surface area (Å²) in [6.45, 7) is 1.99. The maximum absolute atomic E-state index is 12.4. The molecule has 1 aromatic heterocycles. The first-order valence-electron chi connectivity index (χ1n) is 8.61. The normalized spacial score (nSPS) is 10.7. The van der Waals surface area contributed by atoms with Gasteiger partial charge in [-0.1, -0.05) is 48.0 Å². The van der Waals surface area contributed by atoms with Gasteiger partial charge in [0.2, 0.25) is 0 Å². The zero-order chi connectivity index (χ0) is 18.8. The van der Waals surface area contributed by atoms with Gasteiger partial charge in [-0.2, -0.15) is 0 Å². The fourth-order valence-corrected chi connectivity index (χ4v) is 2.90. The minimum absolute atomic E-state index is 0.198. The van der Waals surface area contributed by atoms with Crippen LogP contribution in [0, 0.1) is 6.92 Å². The van der Waals surface area contributed by atoms with Crippen molar-refractivity contribution >= 4 is 22.6 Å². The molecule has 0 spiro atoms. The molecular formula is C23H17NO3. The Kier molecular flexibility index (Phi) is 4.30. The quantitative estimate of drug-likeness (QED) is 0.525. The van der Waals surface area contributed by atoms with Gasteiger partial charge in [-0.3, -0.25) is 4.79 Å². The van der Waals surface area contributed by atoms with Gasteiger partial charge in [0.15, 0.2) is 0 Å². The zero-order valence-electron chi connectivity index (χ0n) is 14.7. The fraction of sp³-hybridized carbons (Fsp3) is 0.0435. The molecule has 0 aliphatic heterocycles. The molecule has 0 aliphatic rings. The summed E-state index contributed by atoms with van der Waals surface area (Å²) >= 11 is 0. The fourth-order valence-electron chi connectivity index (χ4n) is 2.90. The summed E-state index contributed by atoms with van der Waals surface area (Å²) in [6, 6.07) is 23.7. The van der Waals surface area contributed by atoms with Gasteiger partial charge in [0.25, 0.3) is 5.91 Å². The molecule has 1 heterocycles. The largest absolute Gasteiger partial charge is 0.422 e. The minimum atomic E-state index is -0.398. The number of fused-ring (bicyclic) bond motifs is 1. The van der Waals surface area contributed by atoms with Crippen molar-refractivity contribution in [3.05, 3.63) is 100 Å². The number of para-hydroxylation sites is 1. The second-order valence-corrected chi connectivity index (χ2v) is 6.38. The zero-order valence-corrected chi connectivity index (χ0v) is 14.7. The second kappa shape index (κ2) is 6.92. The van der Waals surface area contributed by atoms with Gasteiger partial charge in [-0.25, -0.2) is 4.79 Å². The van der Waals surface area contributed by atoms with Crippen molar-refractivity contribution in [3.63, 3.8) is 0 Å². The van der Waals surface area contributed by atoms with Crippen LogP contribution in [-0.4, -0.2) is 5.91 Å². The summed E-state index contributed by atoms with van der Waals surface area (Å²) in [7, 11) is 0. The first-order valence-corrected chi connectivity index (χ1v) is 8.61. The number of benzene rings is 3. The third kappa shape index (κ3) is 3.51. The highest BCUT2D eigenvalue weighted by molar-refractivity contribution is 6.04. The summed E-state index contributed by atoms with van der Waals surface area (Å²) in [5.41, 5.74) is 3.73. The van der Waals surface area contributed by atoms with Crippen molar-refractivity contribution in [2.24, 2.45) is 0 Å². The average molecular weight is 355 g/mol. The lowest BCUT2D eigenvalue weighted by Crippen LogP contribution is -2.11. The van der Waals surface area contributed by atoms with E-state index in [1.54, 1.807) is 30.3 Å². The van der Waals surface area contributed by atoms with Crippen LogP contribution in [0.25, 0.3) is 22.1 Å². The summed E-state index contributed by atoms with van der Waals surface area (Å²) in [4.78, 5) is 24.7. The van der Waals surface area contributed by atoms with Gasteiger partial charge in [-0.15, -0.1) is 0 Å². The van der Waals surface area contributed by atoms with E-state index in [0.717, 1.165) is 16.6 Å². The van der Waals surface area contributed by atoms with E-state index in [1.165, 1.54) is 0 Å². The summed E-state index contributed by atoms with van der Waals surface area (Å²) in [5, 5.41) is 3.72. The number of nitrogens with one attached hydrogen (secondary N) is 1. The number of amides is 1. The van der Waals surface area contributed by atoms with Crippen molar-refractivity contribution in [2.75, 3.05) is 5.32 Å². The molecule has 27 heavy (non-hydrogen) atoms. The van der Waals surface area contributed by atoms with Crippen LogP contribution in [0.15, 0.2) is 88.1 Å². The first-order chi connectivity index (χ1) is 13.1. The van der Waals surface area contributed by atoms with Crippen LogP contribution >= 0.6 is 0 Å². The molecule has 0 aliphatic carbocycles. The highest BCUT2D eigenvalue weighted by Gasteiger charge is 2.10. The van der Waals surface area contributed by atoms with Crippen LogP contribution in [0.1, 0.15) is 15.9 Å². The van der Waals surface area contributed by atoms with Gasteiger partial charge < -0.3 is 9.73 Å². The number of rotatable bonds is 3. The molecular weight excluding hydrogens is 338 g/mol. The van der Waals surface area contributed by atoms with Gasteiger partial charge in [0.05, 0.1) is 5.56 Å². The first kappa shape index (κ1) is 16.8. The number of anilines is 1. The molecule has 4 rings (SSSR count). The lowest BCUT2D eigenvalue weighted by molar-refractivity contribution is 0.102. The van der Waals surface area contributed by atoms with E-state index in [4.69, 9.17) is 4.42 Å². The highest BCUT2D eigenvalue weighted by atomic mass is 16.4. The Morgan fingerprint density at radius 1 is 0.889 bits per heavy atom. The van der Waals surface area contributed by atoms with Gasteiger partial charge in [-0.05, 0) is 48.9 Å². The highest BCUT2D eigenvalue weighted by Crippen LogP contribution is 2.21. The van der Waals surface area contributed by atoms with Gasteiger partial charge >= 0.3 is 5.63 Å². The van der Waals surface area contributed by atoms with E-state index in [-0.39, 0.29) is 5.91 Å². The predicted octanol–water partition coefficient (Wildman–Crippen LogP) is 5.02. The lowest BCUT2D eigenvalue weighted by Gasteiger charge is -2.07. The number of carbonyl (C=O) groups is 1. The van der Waals surface area contributed by atoms with Crippen LogP contribution in [0.3, 0.4) is 0 Å². The van der Waals surface area contributed by atoms with Crippen LogP contribution < -0.4 is 10.9 Å². The maximum Gasteiger partial charge on any atom is 0.344 e. The topological polar surface area (TPSA) is 59.3 Å². The van der Waals surface area contributed by atoms with Crippen LogP contribution in [0.5, 0.6) is 0 Å². The monoisotopic (exact) mass is 355 g/mol. The molecule has 3 aromatic carbocycles. The van der Waals surface area contributed by atoms with Gasteiger partial charge in [0, 0.05) is 16.6 Å². The molecule has 1 N–H and O–H groups in total. The predicted molar refractivity (Wildman–Crippen MR) is 107 cm³/mol. The van der Waals surface area contributed by atoms with Crippen LogP contribution in [-0.2, 0) is 0 Å². The Labute approximate surface area is 156 Å². The van der Waals surface area contributed by atoms with E-state index in [2.05, 4.69) is 5.32 Å². The molecule has 1 amide bonds. The Hall–Kier alpha value is -3.66. The number of hydrogen-bond donors (Lipinski definition) is 1.